The minimum atomic E-state index is -0.163. The van der Waals surface area contributed by atoms with Gasteiger partial charge in [0.1, 0.15) is 6.61 Å². The zero-order valence-electron chi connectivity index (χ0n) is 14.6. The zero-order valence-corrected chi connectivity index (χ0v) is 14.6. The third-order valence-electron chi connectivity index (χ3n) is 4.54. The lowest BCUT2D eigenvalue weighted by molar-refractivity contribution is -0.131. The van der Waals surface area contributed by atoms with E-state index in [0.29, 0.717) is 26.0 Å². The second-order valence-electron chi connectivity index (χ2n) is 6.46. The average Bonchev–Trinajstić information content (AvgIpc) is 3.13. The lowest BCUT2D eigenvalue weighted by Crippen LogP contribution is -2.41. The zero-order chi connectivity index (χ0) is 17.9. The minimum absolute atomic E-state index is 0.0742. The Morgan fingerprint density at radius 2 is 1.81 bits per heavy atom. The molecule has 26 heavy (non-hydrogen) atoms. The molecule has 0 unspecified atom stereocenters. The van der Waals surface area contributed by atoms with Gasteiger partial charge in [-0.05, 0) is 36.2 Å². The fraction of sp³-hybridized carbons (Fsp3) is 0.350. The van der Waals surface area contributed by atoms with Crippen LogP contribution in [-0.4, -0.2) is 43.9 Å². The van der Waals surface area contributed by atoms with E-state index in [-0.39, 0.29) is 18.8 Å². The molecule has 6 heteroatoms. The Hall–Kier alpha value is -2.89. The molecule has 2 aliphatic rings. The van der Waals surface area contributed by atoms with Crippen LogP contribution in [-0.2, 0) is 11.2 Å². The molecule has 136 valence electrons. The molecule has 2 aromatic carbocycles. The number of rotatable bonds is 5. The lowest BCUT2D eigenvalue weighted by Gasteiger charge is -2.29. The van der Waals surface area contributed by atoms with E-state index in [1.807, 2.05) is 42.5 Å². The number of hydrogen-bond acceptors (Lipinski definition) is 5. The van der Waals surface area contributed by atoms with Crippen molar-refractivity contribution in [3.63, 3.8) is 0 Å². The van der Waals surface area contributed by atoms with Gasteiger partial charge in [-0.1, -0.05) is 18.2 Å². The Morgan fingerprint density at radius 1 is 1.04 bits per heavy atom. The molecule has 0 spiro atoms. The van der Waals surface area contributed by atoms with Gasteiger partial charge in [0.15, 0.2) is 29.1 Å². The largest absolute Gasteiger partial charge is 0.486 e. The van der Waals surface area contributed by atoms with Crippen LogP contribution < -0.4 is 18.9 Å². The van der Waals surface area contributed by atoms with Crippen LogP contribution in [0.4, 0.5) is 0 Å². The van der Waals surface area contributed by atoms with Crippen molar-refractivity contribution in [2.75, 3.05) is 27.0 Å². The SMILES string of the molecule is CN(C[C@H]1COc2ccccc2O1)C(=O)CCc1ccc2c(c1)OCO2. The van der Waals surface area contributed by atoms with Gasteiger partial charge in [-0.15, -0.1) is 0 Å². The number of likely N-dealkylation sites (N-methyl/N-ethyl adjacent to an activating group) is 1. The smallest absolute Gasteiger partial charge is 0.231 e. The van der Waals surface area contributed by atoms with Crippen molar-refractivity contribution in [3.05, 3.63) is 48.0 Å². The number of hydrogen-bond donors (Lipinski definition) is 0. The molecule has 4 rings (SSSR count). The molecule has 2 aromatic rings. The van der Waals surface area contributed by atoms with Crippen molar-refractivity contribution in [2.24, 2.45) is 0 Å². The predicted octanol–water partition coefficient (Wildman–Crippen LogP) is 2.65. The number of para-hydroxylation sites is 2. The van der Waals surface area contributed by atoms with Crippen LogP contribution in [0.15, 0.2) is 42.5 Å². The highest BCUT2D eigenvalue weighted by Gasteiger charge is 2.23. The van der Waals surface area contributed by atoms with Crippen molar-refractivity contribution in [1.82, 2.24) is 4.90 Å². The fourth-order valence-corrected chi connectivity index (χ4v) is 3.10. The van der Waals surface area contributed by atoms with Gasteiger partial charge in [-0.25, -0.2) is 0 Å². The third kappa shape index (κ3) is 3.54. The average molecular weight is 355 g/mol. The normalized spacial score (nSPS) is 17.0. The highest BCUT2D eigenvalue weighted by molar-refractivity contribution is 5.76. The van der Waals surface area contributed by atoms with Crippen molar-refractivity contribution in [1.29, 1.82) is 0 Å². The highest BCUT2D eigenvalue weighted by Crippen LogP contribution is 2.33. The summed E-state index contributed by atoms with van der Waals surface area (Å²) in [6.07, 6.45) is 0.926. The Morgan fingerprint density at radius 3 is 2.69 bits per heavy atom. The van der Waals surface area contributed by atoms with E-state index < -0.39 is 0 Å². The van der Waals surface area contributed by atoms with Gasteiger partial charge in [0.05, 0.1) is 6.54 Å². The molecule has 2 aliphatic heterocycles. The number of carbonyl (C=O) groups is 1. The van der Waals surface area contributed by atoms with E-state index in [9.17, 15) is 4.79 Å². The van der Waals surface area contributed by atoms with Gasteiger partial charge in [0.25, 0.3) is 0 Å². The second-order valence-corrected chi connectivity index (χ2v) is 6.46. The Labute approximate surface area is 152 Å². The van der Waals surface area contributed by atoms with Crippen LogP contribution in [0.1, 0.15) is 12.0 Å². The molecule has 0 saturated heterocycles. The summed E-state index contributed by atoms with van der Waals surface area (Å²) in [6.45, 7) is 1.19. The Bertz CT molecular complexity index is 807. The number of ether oxygens (including phenoxy) is 4. The Kier molecular flexibility index (Phi) is 4.56. The maximum absolute atomic E-state index is 12.4. The predicted molar refractivity (Wildman–Crippen MR) is 94.9 cm³/mol. The molecular formula is C20H21NO5. The van der Waals surface area contributed by atoms with Gasteiger partial charge in [-0.2, -0.15) is 0 Å². The molecule has 0 bridgehead atoms. The standard InChI is InChI=1S/C20H21NO5/c1-21(11-15-12-23-16-4-2-3-5-18(16)26-15)20(22)9-7-14-6-8-17-19(10-14)25-13-24-17/h2-6,8,10,15H,7,9,11-13H2,1H3/t15-/m0/s1. The van der Waals surface area contributed by atoms with E-state index in [1.54, 1.807) is 11.9 Å². The molecule has 0 aromatic heterocycles. The summed E-state index contributed by atoms with van der Waals surface area (Å²) >= 11 is 0. The van der Waals surface area contributed by atoms with Gasteiger partial charge >= 0.3 is 0 Å². The lowest BCUT2D eigenvalue weighted by atomic mass is 10.1. The van der Waals surface area contributed by atoms with Crippen LogP contribution in [0.25, 0.3) is 0 Å². The van der Waals surface area contributed by atoms with Crippen molar-refractivity contribution in [3.8, 4) is 23.0 Å². The quantitative estimate of drug-likeness (QED) is 0.825. The molecule has 1 amide bonds. The van der Waals surface area contributed by atoms with Gasteiger partial charge in [-0.3, -0.25) is 4.79 Å². The molecule has 2 heterocycles. The van der Waals surface area contributed by atoms with Gasteiger partial charge in [0.2, 0.25) is 12.7 Å². The van der Waals surface area contributed by atoms with Crippen LogP contribution in [0, 0.1) is 0 Å². The summed E-state index contributed by atoms with van der Waals surface area (Å²) in [5.74, 6) is 3.05. The number of nitrogens with zero attached hydrogens (tertiary/aromatic N) is 1. The summed E-state index contributed by atoms with van der Waals surface area (Å²) in [5.41, 5.74) is 1.06. The molecule has 0 saturated carbocycles. The first-order chi connectivity index (χ1) is 12.7. The molecule has 0 N–H and O–H groups in total. The topological polar surface area (TPSA) is 57.2 Å². The van der Waals surface area contributed by atoms with E-state index in [0.717, 1.165) is 28.6 Å². The van der Waals surface area contributed by atoms with Crippen molar-refractivity contribution >= 4 is 5.91 Å². The van der Waals surface area contributed by atoms with Crippen LogP contribution in [0.3, 0.4) is 0 Å². The number of amides is 1. The molecular weight excluding hydrogens is 334 g/mol. The molecule has 1 atom stereocenters. The summed E-state index contributed by atoms with van der Waals surface area (Å²) in [7, 11) is 1.80. The fourth-order valence-electron chi connectivity index (χ4n) is 3.10. The summed E-state index contributed by atoms with van der Waals surface area (Å²) in [5, 5.41) is 0. The van der Waals surface area contributed by atoms with Crippen molar-refractivity contribution < 1.29 is 23.7 Å². The maximum Gasteiger partial charge on any atom is 0.231 e. The van der Waals surface area contributed by atoms with E-state index in [1.165, 1.54) is 0 Å². The van der Waals surface area contributed by atoms with E-state index >= 15 is 0 Å². The highest BCUT2D eigenvalue weighted by atomic mass is 16.7. The third-order valence-corrected chi connectivity index (χ3v) is 4.54. The van der Waals surface area contributed by atoms with E-state index in [4.69, 9.17) is 18.9 Å². The number of fused-ring (bicyclic) bond motifs is 2. The van der Waals surface area contributed by atoms with Crippen LogP contribution in [0.5, 0.6) is 23.0 Å². The second kappa shape index (κ2) is 7.15. The van der Waals surface area contributed by atoms with Crippen molar-refractivity contribution in [2.45, 2.75) is 18.9 Å². The first kappa shape index (κ1) is 16.6. The van der Waals surface area contributed by atoms with Gasteiger partial charge in [0, 0.05) is 13.5 Å². The number of benzene rings is 2. The molecule has 6 nitrogen and oxygen atoms in total. The number of carbonyl (C=O) groups excluding carboxylic acids is 1. The minimum Gasteiger partial charge on any atom is -0.486 e. The number of aryl methyl sites for hydroxylation is 1. The molecule has 0 radical (unpaired) electrons. The van der Waals surface area contributed by atoms with Crippen LogP contribution >= 0.6 is 0 Å². The van der Waals surface area contributed by atoms with Crippen LogP contribution in [0.2, 0.25) is 0 Å². The summed E-state index contributed by atoms with van der Waals surface area (Å²) in [4.78, 5) is 14.1. The molecule has 0 aliphatic carbocycles. The first-order valence-electron chi connectivity index (χ1n) is 8.70. The first-order valence-corrected chi connectivity index (χ1v) is 8.70. The van der Waals surface area contributed by atoms with Gasteiger partial charge < -0.3 is 23.8 Å². The summed E-state index contributed by atoms with van der Waals surface area (Å²) in [6, 6.07) is 13.4. The Balaban J connectivity index is 1.28. The maximum atomic E-state index is 12.4. The van der Waals surface area contributed by atoms with E-state index in [2.05, 4.69) is 0 Å². The monoisotopic (exact) mass is 355 g/mol. The summed E-state index contributed by atoms with van der Waals surface area (Å²) < 4.78 is 22.3. The molecule has 0 fully saturated rings.